The number of nitrogens with two attached hydrogens (primary N) is 1. The van der Waals surface area contributed by atoms with Gasteiger partial charge < -0.3 is 10.6 Å². The van der Waals surface area contributed by atoms with Gasteiger partial charge in [-0.05, 0) is 35.4 Å². The molecule has 0 radical (unpaired) electrons. The summed E-state index contributed by atoms with van der Waals surface area (Å²) in [5.41, 5.74) is 7.81. The van der Waals surface area contributed by atoms with Crippen LogP contribution in [-0.4, -0.2) is 26.2 Å². The third kappa shape index (κ3) is 4.39. The Morgan fingerprint density at radius 1 is 1.27 bits per heavy atom. The number of nitrogens with one attached hydrogen (secondary N) is 1. The molecular formula is C18H17FN4OS2. The van der Waals surface area contributed by atoms with E-state index in [-0.39, 0.29) is 17.3 Å². The third-order valence-corrected chi connectivity index (χ3v) is 5.50. The summed E-state index contributed by atoms with van der Waals surface area (Å²) in [7, 11) is 1.90. The molecule has 0 atom stereocenters. The van der Waals surface area contributed by atoms with Gasteiger partial charge >= 0.3 is 0 Å². The molecule has 0 aliphatic rings. The van der Waals surface area contributed by atoms with Gasteiger partial charge in [0, 0.05) is 19.3 Å². The van der Waals surface area contributed by atoms with E-state index in [2.05, 4.69) is 9.97 Å². The molecule has 0 fully saturated rings. The average molecular weight is 388 g/mol. The first-order chi connectivity index (χ1) is 12.4. The quantitative estimate of drug-likeness (QED) is 0.668. The lowest BCUT2D eigenvalue weighted by molar-refractivity contribution is 0.519. The highest BCUT2D eigenvalue weighted by Crippen LogP contribution is 2.19. The third-order valence-electron chi connectivity index (χ3n) is 3.80. The number of aromatic nitrogens is 2. The Kier molecular flexibility index (Phi) is 5.53. The van der Waals surface area contributed by atoms with Crippen molar-refractivity contribution in [1.29, 1.82) is 0 Å². The molecule has 0 amide bonds. The average Bonchev–Trinajstić information content (AvgIpc) is 2.61. The second kappa shape index (κ2) is 7.84. The molecule has 0 saturated heterocycles. The summed E-state index contributed by atoms with van der Waals surface area (Å²) in [5, 5.41) is 0.495. The van der Waals surface area contributed by atoms with Gasteiger partial charge in [-0.3, -0.25) is 9.78 Å². The van der Waals surface area contributed by atoms with Gasteiger partial charge in [0.25, 0.3) is 5.56 Å². The molecule has 5 nitrogen and oxygen atoms in total. The molecular weight excluding hydrogens is 371 g/mol. The number of aromatic amines is 1. The van der Waals surface area contributed by atoms with Crippen molar-refractivity contribution in [2.75, 3.05) is 12.8 Å². The molecule has 26 heavy (non-hydrogen) atoms. The number of hydrogen-bond donors (Lipinski definition) is 2. The predicted molar refractivity (Wildman–Crippen MR) is 109 cm³/mol. The van der Waals surface area contributed by atoms with Gasteiger partial charge in [0.15, 0.2) is 0 Å². The fraction of sp³-hybridized carbons (Fsp3) is 0.167. The van der Waals surface area contributed by atoms with E-state index in [1.165, 1.54) is 23.9 Å². The van der Waals surface area contributed by atoms with Crippen molar-refractivity contribution in [3.63, 3.8) is 0 Å². The van der Waals surface area contributed by atoms with E-state index in [0.717, 1.165) is 15.4 Å². The number of benzene rings is 2. The number of thioether (sulfide) groups is 1. The van der Waals surface area contributed by atoms with Crippen molar-refractivity contribution in [3.05, 3.63) is 69.8 Å². The number of thiocarbonyl (C=S) groups is 1. The zero-order chi connectivity index (χ0) is 18.7. The molecule has 3 rings (SSSR count). The number of fused-ring (bicyclic) bond motifs is 1. The van der Waals surface area contributed by atoms with E-state index < -0.39 is 0 Å². The van der Waals surface area contributed by atoms with Crippen LogP contribution in [-0.2, 0) is 12.3 Å². The van der Waals surface area contributed by atoms with E-state index >= 15 is 0 Å². The van der Waals surface area contributed by atoms with Crippen molar-refractivity contribution >= 4 is 45.2 Å². The van der Waals surface area contributed by atoms with Gasteiger partial charge in [-0.15, -0.1) is 0 Å². The highest BCUT2D eigenvalue weighted by Gasteiger charge is 2.09. The van der Waals surface area contributed by atoms with Crippen molar-refractivity contribution in [2.24, 2.45) is 0 Å². The lowest BCUT2D eigenvalue weighted by Gasteiger charge is -2.19. The molecule has 0 spiro atoms. The summed E-state index contributed by atoms with van der Waals surface area (Å²) in [4.78, 5) is 20.6. The van der Waals surface area contributed by atoms with Crippen LogP contribution in [0.5, 0.6) is 0 Å². The Bertz CT molecular complexity index is 1000. The first kappa shape index (κ1) is 18.3. The Morgan fingerprint density at radius 3 is 2.69 bits per heavy atom. The number of nitrogen functional groups attached to an aromatic ring is 1. The number of anilines is 1. The van der Waals surface area contributed by atoms with Gasteiger partial charge in [0.1, 0.15) is 10.1 Å². The second-order valence-electron chi connectivity index (χ2n) is 5.84. The van der Waals surface area contributed by atoms with Crippen LogP contribution in [0.1, 0.15) is 11.1 Å². The summed E-state index contributed by atoms with van der Waals surface area (Å²) in [6.45, 7) is 0.564. The van der Waals surface area contributed by atoms with Crippen LogP contribution in [0.4, 0.5) is 10.3 Å². The summed E-state index contributed by atoms with van der Waals surface area (Å²) in [5.74, 6) is 0.524. The fourth-order valence-electron chi connectivity index (χ4n) is 2.48. The topological polar surface area (TPSA) is 75.0 Å². The summed E-state index contributed by atoms with van der Waals surface area (Å²) in [6.07, 6.45) is 0. The molecule has 0 saturated carbocycles. The lowest BCUT2D eigenvalue weighted by atomic mass is 10.1. The predicted octanol–water partition coefficient (Wildman–Crippen LogP) is 3.29. The molecule has 0 aliphatic heterocycles. The molecule has 1 heterocycles. The maximum atomic E-state index is 12.9. The van der Waals surface area contributed by atoms with Crippen LogP contribution in [0, 0.1) is 5.82 Å². The lowest BCUT2D eigenvalue weighted by Crippen LogP contribution is -2.22. The number of hydrogen-bond acceptors (Lipinski definition) is 5. The van der Waals surface area contributed by atoms with Gasteiger partial charge in [-0.1, -0.05) is 42.2 Å². The Balaban J connectivity index is 1.66. The number of H-pyrrole nitrogens is 1. The van der Waals surface area contributed by atoms with Crippen molar-refractivity contribution < 1.29 is 4.39 Å². The Hall–Kier alpha value is -2.45. The second-order valence-corrected chi connectivity index (χ2v) is 7.45. The highest BCUT2D eigenvalue weighted by molar-refractivity contribution is 8.22. The van der Waals surface area contributed by atoms with Crippen LogP contribution >= 0.6 is 24.0 Å². The minimum absolute atomic E-state index is 0.103. The number of nitrogens with zero attached hydrogens (tertiary/aromatic N) is 2. The molecule has 0 bridgehead atoms. The summed E-state index contributed by atoms with van der Waals surface area (Å²) >= 11 is 6.97. The zero-order valence-corrected chi connectivity index (χ0v) is 15.7. The molecule has 3 aromatic rings. The van der Waals surface area contributed by atoms with Gasteiger partial charge in [0.2, 0.25) is 5.95 Å². The van der Waals surface area contributed by atoms with E-state index in [9.17, 15) is 9.18 Å². The first-order valence-corrected chi connectivity index (χ1v) is 9.22. The van der Waals surface area contributed by atoms with Crippen molar-refractivity contribution in [3.8, 4) is 0 Å². The van der Waals surface area contributed by atoms with E-state index in [0.29, 0.717) is 23.2 Å². The van der Waals surface area contributed by atoms with Gasteiger partial charge in [-0.25, -0.2) is 9.37 Å². The van der Waals surface area contributed by atoms with Crippen LogP contribution in [0.25, 0.3) is 10.9 Å². The number of halogens is 1. The molecule has 3 N–H and O–H groups in total. The Labute approximate surface area is 159 Å². The van der Waals surface area contributed by atoms with Crippen LogP contribution in [0.3, 0.4) is 0 Å². The van der Waals surface area contributed by atoms with Crippen molar-refractivity contribution in [2.45, 2.75) is 12.3 Å². The largest absolute Gasteiger partial charge is 0.369 e. The SMILES string of the molecule is CN(Cc1ccc2nc(N)[nH]c(=O)c2c1)C(=S)SCc1ccc(F)cc1. The molecule has 1 aromatic heterocycles. The van der Waals surface area contributed by atoms with E-state index in [1.54, 1.807) is 24.3 Å². The van der Waals surface area contributed by atoms with Crippen LogP contribution < -0.4 is 11.3 Å². The highest BCUT2D eigenvalue weighted by atomic mass is 32.2. The van der Waals surface area contributed by atoms with E-state index in [4.69, 9.17) is 18.0 Å². The van der Waals surface area contributed by atoms with Crippen LogP contribution in [0.2, 0.25) is 0 Å². The minimum Gasteiger partial charge on any atom is -0.369 e. The van der Waals surface area contributed by atoms with Crippen molar-refractivity contribution in [1.82, 2.24) is 14.9 Å². The normalized spacial score (nSPS) is 10.8. The van der Waals surface area contributed by atoms with E-state index in [1.807, 2.05) is 18.0 Å². The summed E-state index contributed by atoms with van der Waals surface area (Å²) in [6, 6.07) is 11.9. The molecule has 8 heteroatoms. The van der Waals surface area contributed by atoms with Gasteiger partial charge in [0.05, 0.1) is 10.9 Å². The smallest absolute Gasteiger partial charge is 0.260 e. The van der Waals surface area contributed by atoms with Crippen LogP contribution in [0.15, 0.2) is 47.3 Å². The zero-order valence-electron chi connectivity index (χ0n) is 14.0. The maximum Gasteiger partial charge on any atom is 0.260 e. The summed E-state index contributed by atoms with van der Waals surface area (Å²) < 4.78 is 13.7. The molecule has 0 unspecified atom stereocenters. The first-order valence-electron chi connectivity index (χ1n) is 7.83. The Morgan fingerprint density at radius 2 is 1.96 bits per heavy atom. The monoisotopic (exact) mass is 388 g/mol. The maximum absolute atomic E-state index is 12.9. The molecule has 2 aromatic carbocycles. The minimum atomic E-state index is -0.259. The number of rotatable bonds is 4. The molecule has 134 valence electrons. The molecule has 0 aliphatic carbocycles. The van der Waals surface area contributed by atoms with Gasteiger partial charge in [-0.2, -0.15) is 0 Å². The standard InChI is InChI=1S/C18H17FN4OS2/c1-23(18(25)26-10-11-2-5-13(19)6-3-11)9-12-4-7-15-14(8-12)16(24)22-17(20)21-15/h2-8H,9-10H2,1H3,(H3,20,21,22,24). The fourth-order valence-corrected chi connectivity index (χ4v) is 3.49.